The molecular weight excluding hydrogens is 270 g/mol. The Kier molecular flexibility index (Phi) is 6.20. The number of hydrogen-bond acceptors (Lipinski definition) is 4. The second-order valence-electron chi connectivity index (χ2n) is 5.60. The number of thioether (sulfide) groups is 1. The molecule has 2 rings (SSSR count). The van der Waals surface area contributed by atoms with Gasteiger partial charge >= 0.3 is 0 Å². The Morgan fingerprint density at radius 1 is 1.25 bits per heavy atom. The molecule has 0 unspecified atom stereocenters. The first-order valence-electron chi connectivity index (χ1n) is 7.55. The van der Waals surface area contributed by atoms with Crippen LogP contribution in [0.5, 0.6) is 5.75 Å². The van der Waals surface area contributed by atoms with Crippen LogP contribution in [0.4, 0.5) is 0 Å². The number of nitrogens with two attached hydrogens (primary N) is 1. The second kappa shape index (κ2) is 7.91. The minimum Gasteiger partial charge on any atom is -0.507 e. The number of hydrogen-bond donors (Lipinski definition) is 3. The molecule has 1 aromatic rings. The number of benzene rings is 1. The van der Waals surface area contributed by atoms with Gasteiger partial charge in [0.05, 0.1) is 11.0 Å². The third-order valence-corrected chi connectivity index (χ3v) is 5.38. The van der Waals surface area contributed by atoms with Crippen LogP contribution in [0.3, 0.4) is 0 Å². The van der Waals surface area contributed by atoms with E-state index in [1.165, 1.54) is 32.1 Å². The van der Waals surface area contributed by atoms with Gasteiger partial charge in [-0.3, -0.25) is 0 Å². The number of phenolic OH excluding ortho intramolecular Hbond substituents is 1. The van der Waals surface area contributed by atoms with Crippen molar-refractivity contribution in [2.45, 2.75) is 49.5 Å². The first kappa shape index (κ1) is 15.7. The molecule has 0 aliphatic heterocycles. The monoisotopic (exact) mass is 295 g/mol. The van der Waals surface area contributed by atoms with Crippen LogP contribution in [-0.2, 0) is 0 Å². The highest BCUT2D eigenvalue weighted by atomic mass is 32.2. The summed E-state index contributed by atoms with van der Waals surface area (Å²) >= 11 is 1.68. The van der Waals surface area contributed by atoms with Crippen LogP contribution >= 0.6 is 11.8 Å². The number of rotatable bonds is 6. The topological polar surface area (TPSA) is 66.5 Å². The summed E-state index contributed by atoms with van der Waals surface area (Å²) in [5.74, 6) is 2.05. The van der Waals surface area contributed by atoms with E-state index in [0.717, 1.165) is 22.1 Å². The Morgan fingerprint density at radius 2 is 2.00 bits per heavy atom. The predicted octanol–water partition coefficient (Wildman–Crippen LogP) is 3.45. The van der Waals surface area contributed by atoms with Crippen molar-refractivity contribution in [2.75, 3.05) is 12.3 Å². The first-order chi connectivity index (χ1) is 9.72. The molecule has 4 heteroatoms. The zero-order valence-electron chi connectivity index (χ0n) is 11.9. The standard InChI is InChI=1S/C16H25NO2S/c17-10-9-14(18)13-7-4-8-15(19)16(13)20-11-12-5-2-1-3-6-12/h4,7-8,12,14,18-19H,1-3,5-6,9-11,17H2/t14-/m0/s1. The van der Waals surface area contributed by atoms with E-state index < -0.39 is 6.10 Å². The summed E-state index contributed by atoms with van der Waals surface area (Å²) in [7, 11) is 0. The van der Waals surface area contributed by atoms with Crippen LogP contribution in [0.2, 0.25) is 0 Å². The lowest BCUT2D eigenvalue weighted by molar-refractivity contribution is 0.167. The van der Waals surface area contributed by atoms with Gasteiger partial charge in [-0.05, 0) is 43.4 Å². The molecule has 1 fully saturated rings. The summed E-state index contributed by atoms with van der Waals surface area (Å²) in [6, 6.07) is 5.38. The van der Waals surface area contributed by atoms with Gasteiger partial charge in [0.25, 0.3) is 0 Å². The van der Waals surface area contributed by atoms with Gasteiger partial charge in [0.15, 0.2) is 0 Å². The van der Waals surface area contributed by atoms with Crippen molar-refractivity contribution in [3.63, 3.8) is 0 Å². The van der Waals surface area contributed by atoms with Crippen LogP contribution in [0.1, 0.15) is 50.2 Å². The molecule has 0 heterocycles. The number of aromatic hydroxyl groups is 1. The lowest BCUT2D eigenvalue weighted by atomic mass is 9.91. The normalized spacial score (nSPS) is 18.1. The Labute approximate surface area is 125 Å². The molecular formula is C16H25NO2S. The molecule has 1 saturated carbocycles. The van der Waals surface area contributed by atoms with E-state index in [1.54, 1.807) is 23.9 Å². The highest BCUT2D eigenvalue weighted by molar-refractivity contribution is 7.99. The van der Waals surface area contributed by atoms with E-state index in [-0.39, 0.29) is 5.75 Å². The molecule has 0 radical (unpaired) electrons. The van der Waals surface area contributed by atoms with Crippen molar-refractivity contribution in [3.8, 4) is 5.75 Å². The van der Waals surface area contributed by atoms with Gasteiger partial charge < -0.3 is 15.9 Å². The summed E-state index contributed by atoms with van der Waals surface area (Å²) < 4.78 is 0. The van der Waals surface area contributed by atoms with Crippen LogP contribution in [0.15, 0.2) is 23.1 Å². The highest BCUT2D eigenvalue weighted by Crippen LogP contribution is 2.38. The first-order valence-corrected chi connectivity index (χ1v) is 8.53. The van der Waals surface area contributed by atoms with Crippen LogP contribution in [-0.4, -0.2) is 22.5 Å². The fourth-order valence-electron chi connectivity index (χ4n) is 2.83. The molecule has 0 saturated heterocycles. The van der Waals surface area contributed by atoms with Crippen LogP contribution in [0.25, 0.3) is 0 Å². The van der Waals surface area contributed by atoms with Crippen molar-refractivity contribution in [2.24, 2.45) is 11.7 Å². The van der Waals surface area contributed by atoms with Gasteiger partial charge in [0.2, 0.25) is 0 Å². The molecule has 1 aliphatic carbocycles. The van der Waals surface area contributed by atoms with Crippen LogP contribution < -0.4 is 5.73 Å². The summed E-state index contributed by atoms with van der Waals surface area (Å²) in [5.41, 5.74) is 6.33. The van der Waals surface area contributed by atoms with Crippen molar-refractivity contribution in [1.82, 2.24) is 0 Å². The molecule has 1 aliphatic rings. The van der Waals surface area contributed by atoms with Crippen molar-refractivity contribution in [1.29, 1.82) is 0 Å². The Balaban J connectivity index is 2.04. The highest BCUT2D eigenvalue weighted by Gasteiger charge is 2.18. The molecule has 1 aromatic carbocycles. The minimum atomic E-state index is -0.582. The molecule has 0 aromatic heterocycles. The SMILES string of the molecule is NCC[C@H](O)c1cccc(O)c1SCC1CCCCC1. The fraction of sp³-hybridized carbons (Fsp3) is 0.625. The van der Waals surface area contributed by atoms with Gasteiger partial charge in [-0.2, -0.15) is 0 Å². The van der Waals surface area contributed by atoms with Gasteiger partial charge in [-0.25, -0.2) is 0 Å². The molecule has 0 spiro atoms. The van der Waals surface area contributed by atoms with E-state index in [0.29, 0.717) is 13.0 Å². The van der Waals surface area contributed by atoms with Gasteiger partial charge in [0.1, 0.15) is 5.75 Å². The molecule has 0 amide bonds. The Hall–Kier alpha value is -0.710. The summed E-state index contributed by atoms with van der Waals surface area (Å²) in [5, 5.41) is 20.2. The number of aliphatic hydroxyl groups is 1. The smallest absolute Gasteiger partial charge is 0.129 e. The molecule has 112 valence electrons. The maximum Gasteiger partial charge on any atom is 0.129 e. The van der Waals surface area contributed by atoms with E-state index in [9.17, 15) is 10.2 Å². The zero-order valence-corrected chi connectivity index (χ0v) is 12.7. The van der Waals surface area contributed by atoms with Crippen molar-refractivity contribution in [3.05, 3.63) is 23.8 Å². The third kappa shape index (κ3) is 4.14. The fourth-order valence-corrected chi connectivity index (χ4v) is 4.15. The molecule has 0 bridgehead atoms. The van der Waals surface area contributed by atoms with E-state index in [4.69, 9.17) is 5.73 Å². The summed E-state index contributed by atoms with van der Waals surface area (Å²) in [4.78, 5) is 0.832. The van der Waals surface area contributed by atoms with Crippen molar-refractivity contribution < 1.29 is 10.2 Å². The average Bonchev–Trinajstić information content (AvgIpc) is 2.47. The molecule has 4 N–H and O–H groups in total. The van der Waals surface area contributed by atoms with Crippen LogP contribution in [0, 0.1) is 5.92 Å². The number of aliphatic hydroxyl groups excluding tert-OH is 1. The molecule has 1 atom stereocenters. The molecule has 20 heavy (non-hydrogen) atoms. The van der Waals surface area contributed by atoms with E-state index in [1.807, 2.05) is 6.07 Å². The second-order valence-corrected chi connectivity index (χ2v) is 6.63. The lowest BCUT2D eigenvalue weighted by Crippen LogP contribution is -2.10. The minimum absolute atomic E-state index is 0.277. The van der Waals surface area contributed by atoms with Gasteiger partial charge in [-0.15, -0.1) is 11.8 Å². The third-order valence-electron chi connectivity index (χ3n) is 4.01. The number of phenols is 1. The van der Waals surface area contributed by atoms with Crippen molar-refractivity contribution >= 4 is 11.8 Å². The average molecular weight is 295 g/mol. The quantitative estimate of drug-likeness (QED) is 0.703. The maximum absolute atomic E-state index is 10.2. The summed E-state index contributed by atoms with van der Waals surface area (Å²) in [6.45, 7) is 0.448. The Bertz CT molecular complexity index is 419. The maximum atomic E-state index is 10.2. The zero-order chi connectivity index (χ0) is 14.4. The lowest BCUT2D eigenvalue weighted by Gasteiger charge is -2.22. The van der Waals surface area contributed by atoms with E-state index in [2.05, 4.69) is 0 Å². The van der Waals surface area contributed by atoms with E-state index >= 15 is 0 Å². The van der Waals surface area contributed by atoms with Gasteiger partial charge in [-0.1, -0.05) is 31.4 Å². The molecule has 3 nitrogen and oxygen atoms in total. The largest absolute Gasteiger partial charge is 0.507 e. The van der Waals surface area contributed by atoms with Gasteiger partial charge in [0, 0.05) is 5.75 Å². The Morgan fingerprint density at radius 3 is 2.70 bits per heavy atom. The predicted molar refractivity (Wildman–Crippen MR) is 84.0 cm³/mol. The summed E-state index contributed by atoms with van der Waals surface area (Å²) in [6.07, 6.45) is 6.55.